The molecule has 8 heteroatoms. The van der Waals surface area contributed by atoms with Crippen molar-refractivity contribution in [1.82, 2.24) is 0 Å². The Balaban J connectivity index is 1.46. The molecule has 302 valence electrons. The highest BCUT2D eigenvalue weighted by atomic mass is 16.5. The number of methoxy groups -OCH3 is 4. The fraction of sp³-hybridized carbons (Fsp3) is 0.111. The average molecular weight is 811 g/mol. The van der Waals surface area contributed by atoms with Crippen LogP contribution in [0, 0.1) is 0 Å². The summed E-state index contributed by atoms with van der Waals surface area (Å²) in [7, 11) is 6.70. The summed E-state index contributed by atoms with van der Waals surface area (Å²) < 4.78 is 24.3. The molecule has 8 aromatic rings. The summed E-state index contributed by atoms with van der Waals surface area (Å²) in [6.45, 7) is 0. The summed E-state index contributed by atoms with van der Waals surface area (Å²) in [6.07, 6.45) is 0. The van der Waals surface area contributed by atoms with E-state index in [2.05, 4.69) is 72.8 Å². The Morgan fingerprint density at radius 3 is 0.855 bits per heavy atom. The van der Waals surface area contributed by atoms with Crippen molar-refractivity contribution in [3.8, 4) is 23.0 Å². The Hall–Kier alpha value is -7.84. The monoisotopic (exact) mass is 810 g/mol. The molecule has 0 aliphatic carbocycles. The van der Waals surface area contributed by atoms with Crippen molar-refractivity contribution >= 4 is 44.4 Å². The molecule has 10 rings (SSSR count). The zero-order valence-corrected chi connectivity index (χ0v) is 34.7. The van der Waals surface area contributed by atoms with Crippen LogP contribution in [-0.2, 0) is 11.3 Å². The van der Waals surface area contributed by atoms with E-state index in [0.717, 1.165) is 54.9 Å². The van der Waals surface area contributed by atoms with Gasteiger partial charge in [-0.1, -0.05) is 133 Å². The third-order valence-corrected chi connectivity index (χ3v) is 11.8. The average Bonchev–Trinajstić information content (AvgIpc) is 3.95. The summed E-state index contributed by atoms with van der Waals surface area (Å²) in [4.78, 5) is 24.1. The van der Waals surface area contributed by atoms with E-state index < -0.39 is 11.3 Å². The Labute approximate surface area is 360 Å². The topological polar surface area (TPSA) is 86.4 Å². The van der Waals surface area contributed by atoms with Gasteiger partial charge in [0.25, 0.3) is 0 Å². The minimum Gasteiger partial charge on any atom is -0.496 e. The minimum atomic E-state index is -1.61. The first-order chi connectivity index (χ1) is 30.5. The van der Waals surface area contributed by atoms with Gasteiger partial charge in [-0.05, 0) is 70.1 Å². The first-order valence-corrected chi connectivity index (χ1v) is 20.4. The van der Waals surface area contributed by atoms with Crippen molar-refractivity contribution in [2.24, 2.45) is 20.0 Å². The smallest absolute Gasteiger partial charge is 0.227 e. The van der Waals surface area contributed by atoms with Crippen LogP contribution in [0.5, 0.6) is 23.0 Å². The third kappa shape index (κ3) is 5.97. The Kier molecular flexibility index (Phi) is 9.68. The Bertz CT molecular complexity index is 2820. The second-order valence-electron chi connectivity index (χ2n) is 15.0. The van der Waals surface area contributed by atoms with Gasteiger partial charge in [-0.3, -0.25) is 0 Å². The molecule has 0 fully saturated rings. The largest absolute Gasteiger partial charge is 0.496 e. The number of rotatable bonds is 11. The van der Waals surface area contributed by atoms with Gasteiger partial charge in [0.2, 0.25) is 11.3 Å². The second kappa shape index (κ2) is 15.6. The molecule has 8 nitrogen and oxygen atoms in total. The van der Waals surface area contributed by atoms with Crippen molar-refractivity contribution < 1.29 is 18.9 Å². The van der Waals surface area contributed by atoms with Gasteiger partial charge in [0, 0.05) is 33.4 Å². The molecule has 62 heavy (non-hydrogen) atoms. The van der Waals surface area contributed by atoms with Crippen LogP contribution in [0.15, 0.2) is 202 Å². The molecule has 8 aromatic carbocycles. The highest BCUT2D eigenvalue weighted by molar-refractivity contribution is 6.57. The minimum absolute atomic E-state index is 0.606. The number of ether oxygens (including phenoxy) is 4. The molecular weight excluding hydrogens is 769 g/mol. The van der Waals surface area contributed by atoms with Crippen LogP contribution in [0.25, 0.3) is 21.5 Å². The summed E-state index contributed by atoms with van der Waals surface area (Å²) >= 11 is 0. The molecule has 0 saturated heterocycles. The van der Waals surface area contributed by atoms with E-state index in [1.54, 1.807) is 28.4 Å². The van der Waals surface area contributed by atoms with E-state index in [0.29, 0.717) is 45.8 Å². The number of nitrogens with zero attached hydrogens (tertiary/aromatic N) is 4. The van der Waals surface area contributed by atoms with Gasteiger partial charge in [0.1, 0.15) is 23.0 Å². The Morgan fingerprint density at radius 2 is 0.548 bits per heavy atom. The maximum absolute atomic E-state index is 6.09. The third-order valence-electron chi connectivity index (χ3n) is 11.8. The zero-order chi connectivity index (χ0) is 42.3. The number of fused-ring (bicyclic) bond motifs is 2. The van der Waals surface area contributed by atoms with Crippen LogP contribution >= 0.6 is 0 Å². The molecule has 0 bridgehead atoms. The van der Waals surface area contributed by atoms with E-state index in [1.807, 2.05) is 109 Å². The van der Waals surface area contributed by atoms with Crippen LogP contribution in [0.1, 0.15) is 33.4 Å². The molecule has 2 heterocycles. The maximum atomic E-state index is 6.09. The molecule has 0 radical (unpaired) electrons. The van der Waals surface area contributed by atoms with Crippen molar-refractivity contribution in [3.63, 3.8) is 0 Å². The summed E-state index contributed by atoms with van der Waals surface area (Å²) in [5, 5.41) is 3.96. The standard InChI is InChI=1S/C54H42N4O4/c1-59-45-31-13-9-25-39(45)49-50(40-26-10-14-32-46(40)60-2)56-53(55-49,43-29-17-21-35-19-5-7-23-37(35)43)54(44-30-18-22-36-20-6-8-24-38(36)44)57-51(41-27-11-15-33-47(41)61-3)52(58-54)42-28-12-16-34-48(42)62-4/h5-34H,1-4H3. The molecule has 0 atom stereocenters. The van der Waals surface area contributed by atoms with Gasteiger partial charge in [-0.15, -0.1) is 0 Å². The van der Waals surface area contributed by atoms with Crippen LogP contribution in [0.3, 0.4) is 0 Å². The van der Waals surface area contributed by atoms with E-state index in [1.165, 1.54) is 0 Å². The first kappa shape index (κ1) is 38.4. The lowest BCUT2D eigenvalue weighted by Crippen LogP contribution is -2.43. The van der Waals surface area contributed by atoms with Gasteiger partial charge in [-0.25, -0.2) is 20.0 Å². The SMILES string of the molecule is COc1ccccc1C1=NC(c2cccc3ccccc23)(C2(c3cccc4ccccc34)N=C(c3ccccc3OC)C(c3ccccc3OC)=N2)N=C1c1ccccc1OC. The fourth-order valence-corrected chi connectivity index (χ4v) is 9.01. The molecule has 2 aliphatic heterocycles. The van der Waals surface area contributed by atoms with Gasteiger partial charge in [0.05, 0.1) is 51.3 Å². The van der Waals surface area contributed by atoms with Crippen LogP contribution in [-0.4, -0.2) is 51.3 Å². The molecule has 0 unspecified atom stereocenters. The van der Waals surface area contributed by atoms with E-state index in [4.69, 9.17) is 38.9 Å². The van der Waals surface area contributed by atoms with Gasteiger partial charge >= 0.3 is 0 Å². The lowest BCUT2D eigenvalue weighted by molar-refractivity contribution is 0.261. The number of hydrogen-bond acceptors (Lipinski definition) is 8. The normalized spacial score (nSPS) is 15.1. The highest BCUT2D eigenvalue weighted by Crippen LogP contribution is 2.57. The number of aliphatic imine (C=N–C) groups is 4. The molecule has 0 saturated carbocycles. The Morgan fingerprint density at radius 1 is 0.290 bits per heavy atom. The first-order valence-electron chi connectivity index (χ1n) is 20.4. The van der Waals surface area contributed by atoms with Gasteiger partial charge in [0.15, 0.2) is 0 Å². The molecule has 0 N–H and O–H groups in total. The molecular formula is C54H42N4O4. The highest BCUT2D eigenvalue weighted by Gasteiger charge is 2.62. The lowest BCUT2D eigenvalue weighted by atomic mass is 9.78. The summed E-state index contributed by atoms with van der Waals surface area (Å²) in [5.41, 5.74) is 3.87. The van der Waals surface area contributed by atoms with Crippen molar-refractivity contribution in [3.05, 3.63) is 215 Å². The van der Waals surface area contributed by atoms with Crippen LogP contribution in [0.2, 0.25) is 0 Å². The van der Waals surface area contributed by atoms with Crippen molar-refractivity contribution in [1.29, 1.82) is 0 Å². The number of benzene rings is 8. The van der Waals surface area contributed by atoms with Crippen molar-refractivity contribution in [2.75, 3.05) is 28.4 Å². The predicted octanol–water partition coefficient (Wildman–Crippen LogP) is 11.0. The van der Waals surface area contributed by atoms with Gasteiger partial charge < -0.3 is 18.9 Å². The molecule has 0 aromatic heterocycles. The molecule has 2 aliphatic rings. The molecule has 0 amide bonds. The number of hydrogen-bond donors (Lipinski definition) is 0. The summed E-state index contributed by atoms with van der Waals surface area (Å²) in [6, 6.07) is 60.9. The summed E-state index contributed by atoms with van der Waals surface area (Å²) in [5.74, 6) is 2.57. The second-order valence-corrected chi connectivity index (χ2v) is 15.0. The van der Waals surface area contributed by atoms with E-state index >= 15 is 0 Å². The molecule has 0 spiro atoms. The zero-order valence-electron chi connectivity index (χ0n) is 34.7. The van der Waals surface area contributed by atoms with E-state index in [9.17, 15) is 0 Å². The number of para-hydroxylation sites is 4. The van der Waals surface area contributed by atoms with Crippen LogP contribution in [0.4, 0.5) is 0 Å². The van der Waals surface area contributed by atoms with Crippen molar-refractivity contribution in [2.45, 2.75) is 11.3 Å². The van der Waals surface area contributed by atoms with Gasteiger partial charge in [-0.2, -0.15) is 0 Å². The maximum Gasteiger partial charge on any atom is 0.227 e. The predicted molar refractivity (Wildman–Crippen MR) is 249 cm³/mol. The quantitative estimate of drug-likeness (QED) is 0.130. The van der Waals surface area contributed by atoms with E-state index in [-0.39, 0.29) is 0 Å². The van der Waals surface area contributed by atoms with Crippen LogP contribution < -0.4 is 18.9 Å². The lowest BCUT2D eigenvalue weighted by Gasteiger charge is -2.39. The fourth-order valence-electron chi connectivity index (χ4n) is 9.01.